The minimum atomic E-state index is 0.891. The van der Waals surface area contributed by atoms with Crippen molar-refractivity contribution in [2.24, 2.45) is 0 Å². The van der Waals surface area contributed by atoms with Crippen LogP contribution in [-0.4, -0.2) is 18.0 Å². The first-order chi connectivity index (χ1) is 8.69. The molecule has 1 aromatic carbocycles. The van der Waals surface area contributed by atoms with Gasteiger partial charge < -0.3 is 5.73 Å². The predicted octanol–water partition coefficient (Wildman–Crippen LogP) is 4.43. The zero-order valence-electron chi connectivity index (χ0n) is 11.6. The molecule has 1 rings (SSSR count). The lowest BCUT2D eigenvalue weighted by atomic mass is 10.1. The maximum atomic E-state index is 6.07. The van der Waals surface area contributed by atoms with E-state index in [2.05, 4.69) is 40.7 Å². The summed E-state index contributed by atoms with van der Waals surface area (Å²) in [6, 6.07) is 6.05. The van der Waals surface area contributed by atoms with Crippen LogP contribution >= 0.6 is 15.9 Å². The highest BCUT2D eigenvalue weighted by molar-refractivity contribution is 9.10. The molecule has 0 amide bonds. The van der Waals surface area contributed by atoms with Crippen LogP contribution in [0.4, 0.5) is 5.69 Å². The van der Waals surface area contributed by atoms with Crippen LogP contribution in [0.15, 0.2) is 22.7 Å². The summed E-state index contributed by atoms with van der Waals surface area (Å²) in [5, 5.41) is 0. The van der Waals surface area contributed by atoms with Gasteiger partial charge >= 0.3 is 0 Å². The Morgan fingerprint density at radius 2 is 1.72 bits per heavy atom. The second-order valence-electron chi connectivity index (χ2n) is 4.79. The van der Waals surface area contributed by atoms with Crippen molar-refractivity contribution in [1.82, 2.24) is 4.90 Å². The minimum absolute atomic E-state index is 0.891. The van der Waals surface area contributed by atoms with Crippen LogP contribution in [0.3, 0.4) is 0 Å². The Balaban J connectivity index is 2.68. The topological polar surface area (TPSA) is 29.3 Å². The molecular formula is C15H25BrN2. The molecule has 0 spiro atoms. The smallest absolute Gasteiger partial charge is 0.0371 e. The van der Waals surface area contributed by atoms with E-state index in [1.807, 2.05) is 12.1 Å². The van der Waals surface area contributed by atoms with Gasteiger partial charge in [-0.3, -0.25) is 4.90 Å². The van der Waals surface area contributed by atoms with Crippen molar-refractivity contribution in [3.05, 3.63) is 28.2 Å². The van der Waals surface area contributed by atoms with Gasteiger partial charge in [0.2, 0.25) is 0 Å². The van der Waals surface area contributed by atoms with Crippen molar-refractivity contribution in [1.29, 1.82) is 0 Å². The highest BCUT2D eigenvalue weighted by Gasteiger charge is 2.10. The third-order valence-corrected chi connectivity index (χ3v) is 3.94. The van der Waals surface area contributed by atoms with Gasteiger partial charge in [0.15, 0.2) is 0 Å². The zero-order valence-corrected chi connectivity index (χ0v) is 13.2. The van der Waals surface area contributed by atoms with E-state index in [0.29, 0.717) is 0 Å². The van der Waals surface area contributed by atoms with Gasteiger partial charge in [-0.05, 0) is 38.1 Å². The molecule has 2 nitrogen and oxygen atoms in total. The Morgan fingerprint density at radius 1 is 1.11 bits per heavy atom. The van der Waals surface area contributed by atoms with Crippen molar-refractivity contribution >= 4 is 21.6 Å². The molecular weight excluding hydrogens is 288 g/mol. The van der Waals surface area contributed by atoms with Crippen LogP contribution < -0.4 is 5.73 Å². The van der Waals surface area contributed by atoms with Crippen molar-refractivity contribution < 1.29 is 0 Å². The summed E-state index contributed by atoms with van der Waals surface area (Å²) in [5.74, 6) is 0. The lowest BCUT2D eigenvalue weighted by molar-refractivity contribution is 0.257. The number of unbranched alkanes of at least 4 members (excludes halogenated alkanes) is 2. The molecule has 0 saturated heterocycles. The Kier molecular flexibility index (Phi) is 7.36. The second-order valence-corrected chi connectivity index (χ2v) is 5.65. The number of benzene rings is 1. The maximum absolute atomic E-state index is 6.07. The first-order valence-electron chi connectivity index (χ1n) is 6.94. The number of nitrogens with zero attached hydrogens (tertiary/aromatic N) is 1. The van der Waals surface area contributed by atoms with Crippen molar-refractivity contribution in [2.45, 2.75) is 46.1 Å². The SMILES string of the molecule is CCCCN(CCCC)Cc1c(N)cccc1Br. The van der Waals surface area contributed by atoms with Gasteiger partial charge in [-0.15, -0.1) is 0 Å². The summed E-state index contributed by atoms with van der Waals surface area (Å²) in [7, 11) is 0. The number of halogens is 1. The molecule has 102 valence electrons. The largest absolute Gasteiger partial charge is 0.398 e. The molecule has 0 aromatic heterocycles. The summed E-state index contributed by atoms with van der Waals surface area (Å²) < 4.78 is 1.13. The second kappa shape index (κ2) is 8.54. The van der Waals surface area contributed by atoms with Gasteiger partial charge in [0.1, 0.15) is 0 Å². The van der Waals surface area contributed by atoms with Crippen LogP contribution in [0.25, 0.3) is 0 Å². The molecule has 0 radical (unpaired) electrons. The van der Waals surface area contributed by atoms with Crippen molar-refractivity contribution in [2.75, 3.05) is 18.8 Å². The molecule has 0 saturated carbocycles. The summed E-state index contributed by atoms with van der Waals surface area (Å²) in [6.07, 6.45) is 5.00. The van der Waals surface area contributed by atoms with E-state index >= 15 is 0 Å². The van der Waals surface area contributed by atoms with Crippen molar-refractivity contribution in [3.63, 3.8) is 0 Å². The average Bonchev–Trinajstić information content (AvgIpc) is 2.36. The van der Waals surface area contributed by atoms with E-state index in [0.717, 1.165) is 29.8 Å². The molecule has 0 fully saturated rings. The monoisotopic (exact) mass is 312 g/mol. The number of hydrogen-bond donors (Lipinski definition) is 1. The number of anilines is 1. The van der Waals surface area contributed by atoms with Crippen LogP contribution in [0.5, 0.6) is 0 Å². The van der Waals surface area contributed by atoms with E-state index in [4.69, 9.17) is 5.73 Å². The van der Waals surface area contributed by atoms with E-state index in [9.17, 15) is 0 Å². The lowest BCUT2D eigenvalue weighted by Crippen LogP contribution is -2.26. The van der Waals surface area contributed by atoms with Crippen LogP contribution in [0.2, 0.25) is 0 Å². The fraction of sp³-hybridized carbons (Fsp3) is 0.600. The summed E-state index contributed by atoms with van der Waals surface area (Å²) in [6.45, 7) is 7.76. The Bertz CT molecular complexity index is 324. The van der Waals surface area contributed by atoms with Crippen molar-refractivity contribution in [3.8, 4) is 0 Å². The highest BCUT2D eigenvalue weighted by Crippen LogP contribution is 2.24. The van der Waals surface area contributed by atoms with E-state index in [-0.39, 0.29) is 0 Å². The number of nitrogen functional groups attached to an aromatic ring is 1. The molecule has 18 heavy (non-hydrogen) atoms. The first-order valence-corrected chi connectivity index (χ1v) is 7.73. The van der Waals surface area contributed by atoms with Gasteiger partial charge in [-0.1, -0.05) is 48.7 Å². The van der Waals surface area contributed by atoms with Gasteiger partial charge in [0.25, 0.3) is 0 Å². The maximum Gasteiger partial charge on any atom is 0.0371 e. The fourth-order valence-electron chi connectivity index (χ4n) is 2.00. The summed E-state index contributed by atoms with van der Waals surface area (Å²) in [5.41, 5.74) is 8.19. The van der Waals surface area contributed by atoms with Crippen LogP contribution in [0, 0.1) is 0 Å². The fourth-order valence-corrected chi connectivity index (χ4v) is 2.51. The minimum Gasteiger partial charge on any atom is -0.398 e. The predicted molar refractivity (Wildman–Crippen MR) is 83.6 cm³/mol. The van der Waals surface area contributed by atoms with E-state index in [1.54, 1.807) is 0 Å². The molecule has 1 aromatic rings. The van der Waals surface area contributed by atoms with Gasteiger partial charge in [-0.25, -0.2) is 0 Å². The molecule has 3 heteroatoms. The number of hydrogen-bond acceptors (Lipinski definition) is 2. The Hall–Kier alpha value is -0.540. The molecule has 2 N–H and O–H groups in total. The molecule has 0 unspecified atom stereocenters. The van der Waals surface area contributed by atoms with E-state index < -0.39 is 0 Å². The third-order valence-electron chi connectivity index (χ3n) is 3.19. The normalized spacial score (nSPS) is 11.1. The third kappa shape index (κ3) is 4.99. The van der Waals surface area contributed by atoms with Gasteiger partial charge in [0, 0.05) is 22.3 Å². The molecule has 0 aliphatic carbocycles. The molecule has 0 aliphatic heterocycles. The van der Waals surface area contributed by atoms with Crippen LogP contribution in [0.1, 0.15) is 45.1 Å². The van der Waals surface area contributed by atoms with Gasteiger partial charge in [0.05, 0.1) is 0 Å². The van der Waals surface area contributed by atoms with Gasteiger partial charge in [-0.2, -0.15) is 0 Å². The Morgan fingerprint density at radius 3 is 2.22 bits per heavy atom. The summed E-state index contributed by atoms with van der Waals surface area (Å²) in [4.78, 5) is 2.52. The Labute approximate surface area is 120 Å². The zero-order chi connectivity index (χ0) is 13.4. The number of nitrogens with two attached hydrogens (primary N) is 1. The number of rotatable bonds is 8. The summed E-state index contributed by atoms with van der Waals surface area (Å²) >= 11 is 3.61. The molecule has 0 aliphatic rings. The molecule has 0 bridgehead atoms. The molecule has 0 atom stereocenters. The highest BCUT2D eigenvalue weighted by atomic mass is 79.9. The quantitative estimate of drug-likeness (QED) is 0.719. The average molecular weight is 313 g/mol. The van der Waals surface area contributed by atoms with Crippen LogP contribution in [-0.2, 0) is 6.54 Å². The standard InChI is InChI=1S/C15H25BrN2/c1-3-5-10-18(11-6-4-2)12-13-14(16)8-7-9-15(13)17/h7-9H,3-6,10-12,17H2,1-2H3. The first kappa shape index (κ1) is 15.5. The lowest BCUT2D eigenvalue weighted by Gasteiger charge is -2.23. The molecule has 0 heterocycles. The van der Waals surface area contributed by atoms with E-state index in [1.165, 1.54) is 31.2 Å².